The van der Waals surface area contributed by atoms with Crippen molar-refractivity contribution < 1.29 is 4.79 Å². The zero-order valence-corrected chi connectivity index (χ0v) is 19.1. The van der Waals surface area contributed by atoms with Crippen LogP contribution in [0.3, 0.4) is 0 Å². The second-order valence-corrected chi connectivity index (χ2v) is 8.39. The van der Waals surface area contributed by atoms with Crippen molar-refractivity contribution in [2.24, 2.45) is 0 Å². The number of hydrogen-bond acceptors (Lipinski definition) is 6. The molecule has 0 radical (unpaired) electrons. The quantitative estimate of drug-likeness (QED) is 0.429. The van der Waals surface area contributed by atoms with E-state index in [4.69, 9.17) is 0 Å². The molecule has 0 unspecified atom stereocenters. The molecule has 1 aliphatic heterocycles. The van der Waals surface area contributed by atoms with E-state index in [1.54, 1.807) is 6.20 Å². The largest absolute Gasteiger partial charge is 0.369 e. The molecule has 0 saturated carbocycles. The maximum Gasteiger partial charge on any atom is 0.247 e. The van der Waals surface area contributed by atoms with Crippen LogP contribution in [0.5, 0.6) is 0 Å². The lowest BCUT2D eigenvalue weighted by Gasteiger charge is -2.34. The van der Waals surface area contributed by atoms with E-state index in [1.807, 2.05) is 41.2 Å². The normalized spacial score (nSPS) is 14.2. The first-order chi connectivity index (χ1) is 16.6. The van der Waals surface area contributed by atoms with Crippen LogP contribution in [0.15, 0.2) is 79.6 Å². The van der Waals surface area contributed by atoms with Gasteiger partial charge in [0.25, 0.3) is 0 Å². The van der Waals surface area contributed by atoms with Crippen LogP contribution in [0, 0.1) is 0 Å². The number of aromatic nitrogens is 3. The highest BCUT2D eigenvalue weighted by Crippen LogP contribution is 2.25. The molecule has 1 saturated heterocycles. The van der Waals surface area contributed by atoms with Gasteiger partial charge in [0, 0.05) is 60.9 Å². The number of hydrogen-bond donors (Lipinski definition) is 2. The van der Waals surface area contributed by atoms with Gasteiger partial charge in [0.1, 0.15) is 5.82 Å². The summed E-state index contributed by atoms with van der Waals surface area (Å²) in [6, 6.07) is 18.0. The van der Waals surface area contributed by atoms with Gasteiger partial charge in [0.2, 0.25) is 5.91 Å². The van der Waals surface area contributed by atoms with Crippen LogP contribution in [0.25, 0.3) is 16.6 Å². The number of amides is 1. The lowest BCUT2D eigenvalue weighted by molar-refractivity contribution is -0.111. The van der Waals surface area contributed by atoms with E-state index in [9.17, 15) is 4.79 Å². The Morgan fingerprint density at radius 3 is 2.53 bits per heavy atom. The fraction of sp³-hybridized carbons (Fsp3) is 0.192. The number of fused-ring (bicyclic) bond motifs is 1. The Labute approximate surface area is 198 Å². The van der Waals surface area contributed by atoms with Gasteiger partial charge in [-0.2, -0.15) is 5.10 Å². The maximum atomic E-state index is 11.7. The summed E-state index contributed by atoms with van der Waals surface area (Å²) in [6.07, 6.45) is 4.84. The molecule has 0 atom stereocenters. The van der Waals surface area contributed by atoms with E-state index in [1.165, 1.54) is 11.8 Å². The van der Waals surface area contributed by atoms with Crippen molar-refractivity contribution in [3.05, 3.63) is 79.6 Å². The Bertz CT molecular complexity index is 1320. The van der Waals surface area contributed by atoms with Gasteiger partial charge in [-0.05, 0) is 55.6 Å². The summed E-state index contributed by atoms with van der Waals surface area (Å²) in [7, 11) is 2.16. The Morgan fingerprint density at radius 1 is 0.971 bits per heavy atom. The fourth-order valence-corrected chi connectivity index (χ4v) is 4.07. The van der Waals surface area contributed by atoms with Crippen LogP contribution >= 0.6 is 0 Å². The molecule has 2 N–H and O–H groups in total. The SMILES string of the molecule is C=CC(=O)Nc1cccc(-n2ncc3cnc(Nc4ccc(N5CCN(C)CC5)cc4)cc32)c1. The third kappa shape index (κ3) is 4.62. The van der Waals surface area contributed by atoms with Crippen molar-refractivity contribution >= 4 is 39.7 Å². The number of pyridine rings is 1. The van der Waals surface area contributed by atoms with Crippen LogP contribution < -0.4 is 15.5 Å². The van der Waals surface area contributed by atoms with Crippen LogP contribution in [0.2, 0.25) is 0 Å². The highest BCUT2D eigenvalue weighted by Gasteiger charge is 2.14. The standard InChI is InChI=1S/C26H27N7O/c1-3-26(34)30-21-5-4-6-23(15-21)33-24-16-25(27-17-19(24)18-28-33)29-20-7-9-22(10-8-20)32-13-11-31(2)12-14-32/h3-10,15-18H,1,11-14H2,2H3,(H,27,29)(H,30,34). The summed E-state index contributed by atoms with van der Waals surface area (Å²) in [5.74, 6) is 0.481. The molecule has 5 rings (SSSR count). The highest BCUT2D eigenvalue weighted by atomic mass is 16.1. The number of carbonyl (C=O) groups excluding carboxylic acids is 1. The van der Waals surface area contributed by atoms with Gasteiger partial charge in [-0.3, -0.25) is 4.79 Å². The Hall–Kier alpha value is -4.17. The molecule has 2 aromatic carbocycles. The first-order valence-corrected chi connectivity index (χ1v) is 11.3. The summed E-state index contributed by atoms with van der Waals surface area (Å²) >= 11 is 0. The molecule has 3 heterocycles. The van der Waals surface area contributed by atoms with Gasteiger partial charge < -0.3 is 20.4 Å². The van der Waals surface area contributed by atoms with E-state index in [0.29, 0.717) is 5.69 Å². The zero-order valence-electron chi connectivity index (χ0n) is 19.1. The number of likely N-dealkylation sites (N-methyl/N-ethyl adjacent to an activating group) is 1. The molecule has 0 aliphatic carbocycles. The monoisotopic (exact) mass is 453 g/mol. The number of piperazine rings is 1. The molecule has 0 spiro atoms. The molecule has 8 nitrogen and oxygen atoms in total. The van der Waals surface area contributed by atoms with Gasteiger partial charge in [-0.25, -0.2) is 9.67 Å². The van der Waals surface area contributed by atoms with Crippen molar-refractivity contribution in [2.45, 2.75) is 0 Å². The first kappa shape index (κ1) is 21.7. The molecule has 34 heavy (non-hydrogen) atoms. The average molecular weight is 454 g/mol. The zero-order chi connectivity index (χ0) is 23.5. The van der Waals surface area contributed by atoms with Crippen molar-refractivity contribution in [3.63, 3.8) is 0 Å². The van der Waals surface area contributed by atoms with Crippen molar-refractivity contribution in [2.75, 3.05) is 48.8 Å². The van der Waals surface area contributed by atoms with Gasteiger partial charge in [-0.1, -0.05) is 12.6 Å². The van der Waals surface area contributed by atoms with Crippen molar-refractivity contribution in [1.82, 2.24) is 19.7 Å². The molecule has 4 aromatic rings. The molecule has 1 amide bonds. The second-order valence-electron chi connectivity index (χ2n) is 8.39. The van der Waals surface area contributed by atoms with Crippen LogP contribution in [0.1, 0.15) is 0 Å². The number of carbonyl (C=O) groups is 1. The Kier molecular flexibility index (Phi) is 5.97. The van der Waals surface area contributed by atoms with E-state index in [2.05, 4.69) is 68.4 Å². The van der Waals surface area contributed by atoms with E-state index >= 15 is 0 Å². The Balaban J connectivity index is 1.36. The summed E-state index contributed by atoms with van der Waals surface area (Å²) < 4.78 is 1.84. The molecule has 1 fully saturated rings. The van der Waals surface area contributed by atoms with Crippen LogP contribution in [-0.2, 0) is 4.79 Å². The summed E-state index contributed by atoms with van der Waals surface area (Å²) in [6.45, 7) is 7.76. The Morgan fingerprint density at radius 2 is 1.76 bits per heavy atom. The molecule has 8 heteroatoms. The lowest BCUT2D eigenvalue weighted by atomic mass is 10.2. The summed E-state index contributed by atoms with van der Waals surface area (Å²) in [5.41, 5.74) is 4.65. The highest BCUT2D eigenvalue weighted by molar-refractivity contribution is 5.99. The predicted molar refractivity (Wildman–Crippen MR) is 137 cm³/mol. The van der Waals surface area contributed by atoms with Crippen LogP contribution in [-0.4, -0.2) is 58.8 Å². The van der Waals surface area contributed by atoms with Crippen molar-refractivity contribution in [3.8, 4) is 5.69 Å². The van der Waals surface area contributed by atoms with Crippen LogP contribution in [0.4, 0.5) is 22.9 Å². The van der Waals surface area contributed by atoms with Crippen molar-refractivity contribution in [1.29, 1.82) is 0 Å². The third-order valence-corrected chi connectivity index (χ3v) is 6.00. The smallest absolute Gasteiger partial charge is 0.247 e. The first-order valence-electron chi connectivity index (χ1n) is 11.3. The molecule has 2 aromatic heterocycles. The maximum absolute atomic E-state index is 11.7. The lowest BCUT2D eigenvalue weighted by Crippen LogP contribution is -2.44. The average Bonchev–Trinajstić information content (AvgIpc) is 3.28. The fourth-order valence-electron chi connectivity index (χ4n) is 4.07. The predicted octanol–water partition coefficient (Wildman–Crippen LogP) is 4.04. The third-order valence-electron chi connectivity index (χ3n) is 6.00. The summed E-state index contributed by atoms with van der Waals surface area (Å²) in [4.78, 5) is 21.0. The van der Waals surface area contributed by atoms with Gasteiger partial charge in [0.05, 0.1) is 17.4 Å². The van der Waals surface area contributed by atoms with E-state index in [-0.39, 0.29) is 5.91 Å². The van der Waals surface area contributed by atoms with Gasteiger partial charge in [0.15, 0.2) is 0 Å². The van der Waals surface area contributed by atoms with E-state index in [0.717, 1.165) is 54.3 Å². The molecular weight excluding hydrogens is 426 g/mol. The number of rotatable bonds is 6. The number of nitrogens with one attached hydrogen (secondary N) is 2. The molecular formula is C26H27N7O. The molecule has 172 valence electrons. The second kappa shape index (κ2) is 9.36. The molecule has 1 aliphatic rings. The minimum atomic E-state index is -0.253. The number of nitrogens with zero attached hydrogens (tertiary/aromatic N) is 5. The van der Waals surface area contributed by atoms with Gasteiger partial charge >= 0.3 is 0 Å². The van der Waals surface area contributed by atoms with E-state index < -0.39 is 0 Å². The topological polar surface area (TPSA) is 78.3 Å². The number of anilines is 4. The van der Waals surface area contributed by atoms with Gasteiger partial charge in [-0.15, -0.1) is 0 Å². The molecule has 0 bridgehead atoms. The minimum absolute atomic E-state index is 0.253. The summed E-state index contributed by atoms with van der Waals surface area (Å²) in [5, 5.41) is 11.6. The minimum Gasteiger partial charge on any atom is -0.369 e. The number of benzene rings is 2.